The first kappa shape index (κ1) is 15.7. The lowest BCUT2D eigenvalue weighted by Gasteiger charge is -2.22. The number of pyridine rings is 1. The minimum atomic E-state index is 0.0194. The van der Waals surface area contributed by atoms with Crippen molar-refractivity contribution in [2.24, 2.45) is 5.92 Å². The molecule has 2 aliphatic rings. The molecule has 5 nitrogen and oxygen atoms in total. The summed E-state index contributed by atoms with van der Waals surface area (Å²) >= 11 is 1.62. The molecule has 0 radical (unpaired) electrons. The summed E-state index contributed by atoms with van der Waals surface area (Å²) in [5.74, 6) is 0.429. The molecule has 2 saturated heterocycles. The standard InChI is InChI=1S/C18H20N2O3S/c21-18(7-13-4-6-24-12-13)20-8-17(15-10-22-11-16(15)20)23-9-14-3-1-2-5-19-14/h1-6,12,15-17H,7-11H2/t15-,16+,17-/m0/s1. The highest BCUT2D eigenvalue weighted by molar-refractivity contribution is 7.08. The van der Waals surface area contributed by atoms with Gasteiger partial charge in [0.15, 0.2) is 0 Å². The summed E-state index contributed by atoms with van der Waals surface area (Å²) in [6.45, 7) is 2.40. The maximum atomic E-state index is 12.7. The number of likely N-dealkylation sites (tertiary alicyclic amines) is 1. The van der Waals surface area contributed by atoms with E-state index in [1.54, 1.807) is 17.5 Å². The van der Waals surface area contributed by atoms with Crippen molar-refractivity contribution in [3.63, 3.8) is 0 Å². The van der Waals surface area contributed by atoms with E-state index in [1.165, 1.54) is 0 Å². The van der Waals surface area contributed by atoms with Crippen LogP contribution in [0.2, 0.25) is 0 Å². The second kappa shape index (κ2) is 7.01. The Morgan fingerprint density at radius 1 is 1.38 bits per heavy atom. The molecule has 24 heavy (non-hydrogen) atoms. The average Bonchev–Trinajstić information content (AvgIpc) is 3.32. The number of amides is 1. The van der Waals surface area contributed by atoms with Crippen molar-refractivity contribution in [2.45, 2.75) is 25.2 Å². The van der Waals surface area contributed by atoms with Gasteiger partial charge >= 0.3 is 0 Å². The van der Waals surface area contributed by atoms with Gasteiger partial charge in [0.1, 0.15) is 0 Å². The number of carbonyl (C=O) groups is 1. The van der Waals surface area contributed by atoms with Gasteiger partial charge in [0.25, 0.3) is 0 Å². The molecule has 0 aliphatic carbocycles. The zero-order valence-electron chi connectivity index (χ0n) is 13.3. The molecule has 2 aromatic heterocycles. The number of fused-ring (bicyclic) bond motifs is 1. The Morgan fingerprint density at radius 2 is 2.33 bits per heavy atom. The van der Waals surface area contributed by atoms with E-state index >= 15 is 0 Å². The first-order valence-electron chi connectivity index (χ1n) is 8.21. The SMILES string of the molecule is O=C(Cc1ccsc1)N1C[C@H](OCc2ccccn2)[C@H]2COC[C@H]21. The van der Waals surface area contributed by atoms with E-state index in [2.05, 4.69) is 4.98 Å². The Kier molecular flexibility index (Phi) is 4.60. The zero-order chi connectivity index (χ0) is 16.4. The number of ether oxygens (including phenoxy) is 2. The molecule has 2 aliphatic heterocycles. The Morgan fingerprint density at radius 3 is 3.12 bits per heavy atom. The van der Waals surface area contributed by atoms with Crippen molar-refractivity contribution < 1.29 is 14.3 Å². The Bertz CT molecular complexity index is 677. The molecule has 4 heterocycles. The Labute approximate surface area is 145 Å². The minimum absolute atomic E-state index is 0.0194. The fraction of sp³-hybridized carbons (Fsp3) is 0.444. The second-order valence-electron chi connectivity index (χ2n) is 6.29. The molecule has 126 valence electrons. The van der Waals surface area contributed by atoms with Crippen LogP contribution in [0, 0.1) is 5.92 Å². The fourth-order valence-electron chi connectivity index (χ4n) is 3.51. The second-order valence-corrected chi connectivity index (χ2v) is 7.07. The van der Waals surface area contributed by atoms with Gasteiger partial charge in [0.2, 0.25) is 5.91 Å². The van der Waals surface area contributed by atoms with E-state index in [4.69, 9.17) is 9.47 Å². The van der Waals surface area contributed by atoms with Gasteiger partial charge in [-0.25, -0.2) is 0 Å². The van der Waals surface area contributed by atoms with Crippen LogP contribution >= 0.6 is 11.3 Å². The molecule has 2 fully saturated rings. The maximum Gasteiger partial charge on any atom is 0.227 e. The Hall–Kier alpha value is -1.76. The van der Waals surface area contributed by atoms with Gasteiger partial charge in [-0.3, -0.25) is 9.78 Å². The number of hydrogen-bond donors (Lipinski definition) is 0. The van der Waals surface area contributed by atoms with E-state index in [0.29, 0.717) is 32.8 Å². The van der Waals surface area contributed by atoms with E-state index in [-0.39, 0.29) is 24.0 Å². The lowest BCUT2D eigenvalue weighted by Crippen LogP contribution is -2.39. The first-order chi connectivity index (χ1) is 11.8. The normalized spacial score (nSPS) is 25.8. The molecule has 4 rings (SSSR count). The molecular weight excluding hydrogens is 324 g/mol. The van der Waals surface area contributed by atoms with E-state index in [9.17, 15) is 4.79 Å². The minimum Gasteiger partial charge on any atom is -0.379 e. The third-order valence-corrected chi connectivity index (χ3v) is 5.51. The van der Waals surface area contributed by atoms with E-state index < -0.39 is 0 Å². The molecular formula is C18H20N2O3S. The fourth-order valence-corrected chi connectivity index (χ4v) is 4.18. The van der Waals surface area contributed by atoms with Crippen LogP contribution in [0.5, 0.6) is 0 Å². The third-order valence-electron chi connectivity index (χ3n) is 4.77. The van der Waals surface area contributed by atoms with Crippen LogP contribution in [0.4, 0.5) is 0 Å². The molecule has 6 heteroatoms. The van der Waals surface area contributed by atoms with Crippen LogP contribution in [0.3, 0.4) is 0 Å². The summed E-state index contributed by atoms with van der Waals surface area (Å²) in [7, 11) is 0. The van der Waals surface area contributed by atoms with Gasteiger partial charge in [-0.2, -0.15) is 11.3 Å². The van der Waals surface area contributed by atoms with Crippen molar-refractivity contribution in [1.29, 1.82) is 0 Å². The van der Waals surface area contributed by atoms with Crippen LogP contribution in [0.15, 0.2) is 41.2 Å². The maximum absolute atomic E-state index is 12.7. The van der Waals surface area contributed by atoms with Gasteiger partial charge in [0.05, 0.1) is 44.1 Å². The third kappa shape index (κ3) is 3.22. The number of nitrogens with zero attached hydrogens (tertiary/aromatic N) is 2. The van der Waals surface area contributed by atoms with Crippen molar-refractivity contribution in [3.8, 4) is 0 Å². The van der Waals surface area contributed by atoms with Crippen LogP contribution in [-0.4, -0.2) is 47.7 Å². The van der Waals surface area contributed by atoms with Crippen LogP contribution in [0.25, 0.3) is 0 Å². The summed E-state index contributed by atoms with van der Waals surface area (Å²) in [6, 6.07) is 7.96. The summed E-state index contributed by atoms with van der Waals surface area (Å²) in [5.41, 5.74) is 1.99. The smallest absolute Gasteiger partial charge is 0.227 e. The highest BCUT2D eigenvalue weighted by atomic mass is 32.1. The summed E-state index contributed by atoms with van der Waals surface area (Å²) in [5, 5.41) is 4.04. The monoisotopic (exact) mass is 344 g/mol. The highest BCUT2D eigenvalue weighted by Crippen LogP contribution is 2.33. The molecule has 2 aromatic rings. The molecule has 0 N–H and O–H groups in total. The molecule has 0 unspecified atom stereocenters. The van der Waals surface area contributed by atoms with Crippen molar-refractivity contribution in [2.75, 3.05) is 19.8 Å². The van der Waals surface area contributed by atoms with Crippen LogP contribution in [-0.2, 0) is 27.3 Å². The lowest BCUT2D eigenvalue weighted by molar-refractivity contribution is -0.132. The molecule has 0 spiro atoms. The van der Waals surface area contributed by atoms with Gasteiger partial charge in [-0.05, 0) is 34.5 Å². The average molecular weight is 344 g/mol. The summed E-state index contributed by atoms with van der Waals surface area (Å²) < 4.78 is 11.7. The number of thiophene rings is 1. The van der Waals surface area contributed by atoms with Gasteiger partial charge in [-0.1, -0.05) is 6.07 Å². The first-order valence-corrected chi connectivity index (χ1v) is 9.15. The predicted octanol–water partition coefficient (Wildman–Crippen LogP) is 2.13. The van der Waals surface area contributed by atoms with Crippen LogP contribution in [0.1, 0.15) is 11.3 Å². The number of hydrogen-bond acceptors (Lipinski definition) is 5. The van der Waals surface area contributed by atoms with E-state index in [0.717, 1.165) is 11.3 Å². The molecule has 1 amide bonds. The van der Waals surface area contributed by atoms with E-state index in [1.807, 2.05) is 39.9 Å². The van der Waals surface area contributed by atoms with Crippen LogP contribution < -0.4 is 0 Å². The topological polar surface area (TPSA) is 51.7 Å². The summed E-state index contributed by atoms with van der Waals surface area (Å²) in [4.78, 5) is 18.9. The highest BCUT2D eigenvalue weighted by Gasteiger charge is 2.47. The molecule has 3 atom stereocenters. The number of rotatable bonds is 5. The van der Waals surface area contributed by atoms with Gasteiger partial charge in [-0.15, -0.1) is 0 Å². The number of aromatic nitrogens is 1. The van der Waals surface area contributed by atoms with Gasteiger partial charge in [0, 0.05) is 18.7 Å². The molecule has 0 aromatic carbocycles. The lowest BCUT2D eigenvalue weighted by atomic mass is 10.0. The largest absolute Gasteiger partial charge is 0.379 e. The quantitative estimate of drug-likeness (QED) is 0.834. The van der Waals surface area contributed by atoms with Crippen molar-refractivity contribution in [1.82, 2.24) is 9.88 Å². The molecule has 0 saturated carbocycles. The predicted molar refractivity (Wildman–Crippen MR) is 90.6 cm³/mol. The Balaban J connectivity index is 1.40. The van der Waals surface area contributed by atoms with Gasteiger partial charge < -0.3 is 14.4 Å². The number of carbonyl (C=O) groups excluding carboxylic acids is 1. The zero-order valence-corrected chi connectivity index (χ0v) is 14.2. The van der Waals surface area contributed by atoms with Crippen molar-refractivity contribution >= 4 is 17.2 Å². The van der Waals surface area contributed by atoms with Crippen molar-refractivity contribution in [3.05, 3.63) is 52.5 Å². The molecule has 0 bridgehead atoms. The summed E-state index contributed by atoms with van der Waals surface area (Å²) in [6.07, 6.45) is 2.25.